The Bertz CT molecular complexity index is 688. The Hall–Kier alpha value is -1.89. The number of nitrogens with zero attached hydrogens (tertiary/aromatic N) is 3. The van der Waals surface area contributed by atoms with Gasteiger partial charge in [-0.3, -0.25) is 9.69 Å². The molecule has 1 aliphatic heterocycles. The van der Waals surface area contributed by atoms with E-state index >= 15 is 0 Å². The van der Waals surface area contributed by atoms with Crippen LogP contribution in [0.15, 0.2) is 36.7 Å². The second-order valence-corrected chi connectivity index (χ2v) is 5.82. The molecule has 0 spiro atoms. The summed E-state index contributed by atoms with van der Waals surface area (Å²) in [6.45, 7) is 0.784. The number of hydrogen-bond acceptors (Lipinski definition) is 4. The fourth-order valence-electron chi connectivity index (χ4n) is 2.76. The maximum atomic E-state index is 11.2. The highest BCUT2D eigenvalue weighted by Gasteiger charge is 2.35. The van der Waals surface area contributed by atoms with Crippen LogP contribution in [0.1, 0.15) is 12.0 Å². The van der Waals surface area contributed by atoms with Gasteiger partial charge in [0.2, 0.25) is 0 Å². The minimum absolute atomic E-state index is 0.258. The number of β-amino-alcohol motifs (C(OH)–C–C–N with tert-alkyl or cyclic N) is 1. The van der Waals surface area contributed by atoms with Gasteiger partial charge in [-0.15, -0.1) is 0 Å². The van der Waals surface area contributed by atoms with Crippen molar-refractivity contribution in [1.82, 2.24) is 14.7 Å². The predicted octanol–water partition coefficient (Wildman–Crippen LogP) is 1.55. The van der Waals surface area contributed by atoms with Crippen LogP contribution < -0.4 is 0 Å². The normalized spacial score (nSPS) is 22.1. The molecule has 0 amide bonds. The molecule has 6 nitrogen and oxygen atoms in total. The van der Waals surface area contributed by atoms with Gasteiger partial charge in [-0.1, -0.05) is 23.7 Å². The molecule has 1 saturated heterocycles. The first-order chi connectivity index (χ1) is 10.5. The summed E-state index contributed by atoms with van der Waals surface area (Å²) >= 11 is 6.14. The van der Waals surface area contributed by atoms with E-state index in [4.69, 9.17) is 11.6 Å². The molecule has 116 valence electrons. The van der Waals surface area contributed by atoms with Gasteiger partial charge in [0, 0.05) is 31.3 Å². The number of carboxylic acids is 1. The van der Waals surface area contributed by atoms with E-state index in [1.165, 1.54) is 0 Å². The van der Waals surface area contributed by atoms with Crippen LogP contribution in [-0.2, 0) is 11.3 Å². The Balaban J connectivity index is 1.77. The predicted molar refractivity (Wildman–Crippen MR) is 81.0 cm³/mol. The number of carboxylic acid groups (broad SMARTS) is 1. The zero-order chi connectivity index (χ0) is 15.7. The molecule has 0 saturated carbocycles. The highest BCUT2D eigenvalue weighted by atomic mass is 35.5. The molecule has 0 radical (unpaired) electrons. The van der Waals surface area contributed by atoms with Gasteiger partial charge in [0.05, 0.1) is 23.0 Å². The molecule has 1 fully saturated rings. The van der Waals surface area contributed by atoms with Gasteiger partial charge < -0.3 is 10.2 Å². The second-order valence-electron chi connectivity index (χ2n) is 5.42. The van der Waals surface area contributed by atoms with E-state index in [9.17, 15) is 15.0 Å². The van der Waals surface area contributed by atoms with Crippen molar-refractivity contribution in [2.24, 2.45) is 0 Å². The molecule has 1 aromatic heterocycles. The van der Waals surface area contributed by atoms with Crippen molar-refractivity contribution in [2.45, 2.75) is 25.1 Å². The first-order valence-electron chi connectivity index (χ1n) is 6.98. The van der Waals surface area contributed by atoms with Crippen molar-refractivity contribution >= 4 is 17.6 Å². The summed E-state index contributed by atoms with van der Waals surface area (Å²) in [5.74, 6) is -0.907. The van der Waals surface area contributed by atoms with Crippen LogP contribution in [0.25, 0.3) is 5.69 Å². The molecule has 1 aromatic carbocycles. The van der Waals surface area contributed by atoms with Crippen LogP contribution in [0.3, 0.4) is 0 Å². The topological polar surface area (TPSA) is 78.6 Å². The number of aromatic nitrogens is 2. The van der Waals surface area contributed by atoms with Gasteiger partial charge in [0.15, 0.2) is 0 Å². The van der Waals surface area contributed by atoms with Crippen LogP contribution >= 0.6 is 11.6 Å². The number of benzene rings is 1. The standard InChI is InChI=1S/C15H16ClN3O3/c16-12-3-1-2-4-13(12)19-8-10(6-17-19)7-18-9-11(20)5-14(18)15(21)22/h1-4,6,8,11,14,20H,5,7,9H2,(H,21,22)/t11-,14+/m1/s1. The van der Waals surface area contributed by atoms with Gasteiger partial charge in [-0.25, -0.2) is 4.68 Å². The van der Waals surface area contributed by atoms with Crippen LogP contribution in [0.4, 0.5) is 0 Å². The minimum atomic E-state index is -0.907. The number of carbonyl (C=O) groups is 1. The third-order valence-electron chi connectivity index (χ3n) is 3.79. The molecule has 22 heavy (non-hydrogen) atoms. The third-order valence-corrected chi connectivity index (χ3v) is 4.11. The lowest BCUT2D eigenvalue weighted by Gasteiger charge is -2.19. The second kappa shape index (κ2) is 6.08. The molecule has 1 aliphatic rings. The number of hydrogen-bond donors (Lipinski definition) is 2. The summed E-state index contributed by atoms with van der Waals surface area (Å²) in [5, 5.41) is 23.7. The lowest BCUT2D eigenvalue weighted by molar-refractivity contribution is -0.142. The van der Waals surface area contributed by atoms with Crippen molar-refractivity contribution in [2.75, 3.05) is 6.54 Å². The van der Waals surface area contributed by atoms with Gasteiger partial charge in [-0.05, 0) is 12.1 Å². The minimum Gasteiger partial charge on any atom is -0.480 e. The SMILES string of the molecule is O=C(O)[C@@H]1C[C@@H](O)CN1Cc1cnn(-c2ccccc2Cl)c1. The Morgan fingerprint density at radius 1 is 1.41 bits per heavy atom. The van der Waals surface area contributed by atoms with Crippen LogP contribution in [0.5, 0.6) is 0 Å². The van der Waals surface area contributed by atoms with E-state index in [-0.39, 0.29) is 6.42 Å². The monoisotopic (exact) mass is 321 g/mol. The zero-order valence-corrected chi connectivity index (χ0v) is 12.5. The molecule has 3 rings (SSSR count). The number of halogens is 1. The van der Waals surface area contributed by atoms with E-state index in [0.29, 0.717) is 18.1 Å². The van der Waals surface area contributed by atoms with Crippen molar-refractivity contribution < 1.29 is 15.0 Å². The largest absolute Gasteiger partial charge is 0.480 e. The molecule has 2 aromatic rings. The van der Waals surface area contributed by atoms with Crippen LogP contribution in [0.2, 0.25) is 5.02 Å². The summed E-state index contributed by atoms with van der Waals surface area (Å²) in [5.41, 5.74) is 1.65. The van der Waals surface area contributed by atoms with E-state index in [0.717, 1.165) is 11.3 Å². The maximum absolute atomic E-state index is 11.2. The van der Waals surface area contributed by atoms with Gasteiger partial charge in [0.25, 0.3) is 0 Å². The molecule has 2 atom stereocenters. The van der Waals surface area contributed by atoms with Crippen molar-refractivity contribution in [1.29, 1.82) is 0 Å². The highest BCUT2D eigenvalue weighted by molar-refractivity contribution is 6.32. The number of para-hydroxylation sites is 1. The first kappa shape index (κ1) is 15.0. The average Bonchev–Trinajstić information content (AvgIpc) is 3.07. The smallest absolute Gasteiger partial charge is 0.321 e. The Kier molecular flexibility index (Phi) is 4.15. The Morgan fingerprint density at radius 2 is 2.18 bits per heavy atom. The van der Waals surface area contributed by atoms with E-state index in [1.807, 2.05) is 24.4 Å². The van der Waals surface area contributed by atoms with E-state index < -0.39 is 18.1 Å². The molecular weight excluding hydrogens is 306 g/mol. The Morgan fingerprint density at radius 3 is 2.91 bits per heavy atom. The molecule has 2 N–H and O–H groups in total. The molecular formula is C15H16ClN3O3. The molecule has 0 bridgehead atoms. The van der Waals surface area contributed by atoms with Gasteiger partial charge >= 0.3 is 5.97 Å². The molecule has 0 aliphatic carbocycles. The summed E-state index contributed by atoms with van der Waals surface area (Å²) in [6, 6.07) is 6.71. The summed E-state index contributed by atoms with van der Waals surface area (Å²) in [4.78, 5) is 13.0. The van der Waals surface area contributed by atoms with Crippen molar-refractivity contribution in [3.05, 3.63) is 47.2 Å². The summed E-state index contributed by atoms with van der Waals surface area (Å²) in [6.07, 6.45) is 3.17. The fraction of sp³-hybridized carbons (Fsp3) is 0.333. The lowest BCUT2D eigenvalue weighted by atomic mass is 10.2. The number of aliphatic carboxylic acids is 1. The number of aliphatic hydroxyl groups is 1. The van der Waals surface area contributed by atoms with Crippen molar-refractivity contribution in [3.8, 4) is 5.69 Å². The van der Waals surface area contributed by atoms with Gasteiger partial charge in [-0.2, -0.15) is 5.10 Å². The van der Waals surface area contributed by atoms with Crippen molar-refractivity contribution in [3.63, 3.8) is 0 Å². The average molecular weight is 322 g/mol. The maximum Gasteiger partial charge on any atom is 0.321 e. The number of likely N-dealkylation sites (tertiary alicyclic amines) is 1. The first-order valence-corrected chi connectivity index (χ1v) is 7.36. The van der Waals surface area contributed by atoms with Crippen LogP contribution in [-0.4, -0.2) is 49.6 Å². The fourth-order valence-corrected chi connectivity index (χ4v) is 2.98. The molecule has 2 heterocycles. The van der Waals surface area contributed by atoms with E-state index in [2.05, 4.69) is 5.10 Å². The quantitative estimate of drug-likeness (QED) is 0.893. The van der Waals surface area contributed by atoms with E-state index in [1.54, 1.807) is 21.8 Å². The molecule has 0 unspecified atom stereocenters. The third kappa shape index (κ3) is 2.99. The number of rotatable bonds is 4. The Labute approximate surface area is 132 Å². The van der Waals surface area contributed by atoms with Crippen LogP contribution in [0, 0.1) is 0 Å². The highest BCUT2D eigenvalue weighted by Crippen LogP contribution is 2.23. The van der Waals surface area contributed by atoms with Gasteiger partial charge in [0.1, 0.15) is 6.04 Å². The summed E-state index contributed by atoms with van der Waals surface area (Å²) < 4.78 is 1.67. The summed E-state index contributed by atoms with van der Waals surface area (Å²) in [7, 11) is 0. The zero-order valence-electron chi connectivity index (χ0n) is 11.8. The lowest BCUT2D eigenvalue weighted by Crippen LogP contribution is -2.35. The number of aliphatic hydroxyl groups excluding tert-OH is 1. The molecule has 7 heteroatoms.